The summed E-state index contributed by atoms with van der Waals surface area (Å²) < 4.78 is 41.0. The third-order valence-electron chi connectivity index (χ3n) is 4.90. The van der Waals surface area contributed by atoms with Crippen LogP contribution >= 0.6 is 0 Å². The lowest BCUT2D eigenvalue weighted by Crippen LogP contribution is -2.33. The summed E-state index contributed by atoms with van der Waals surface area (Å²) in [6, 6.07) is 2.71. The van der Waals surface area contributed by atoms with Gasteiger partial charge in [0.25, 0.3) is 5.56 Å². The Kier molecular flexibility index (Phi) is 4.76. The zero-order valence-electron chi connectivity index (χ0n) is 14.6. The predicted molar refractivity (Wildman–Crippen MR) is 90.5 cm³/mol. The van der Waals surface area contributed by atoms with E-state index in [0.29, 0.717) is 19.0 Å². The third-order valence-corrected chi connectivity index (χ3v) is 4.90. The maximum atomic E-state index is 13.7. The molecule has 8 heteroatoms. The number of likely N-dealkylation sites (tertiary alicyclic amines) is 1. The lowest BCUT2D eigenvalue weighted by atomic mass is 9.94. The number of halogens is 3. The van der Waals surface area contributed by atoms with Gasteiger partial charge in [-0.15, -0.1) is 0 Å². The number of H-pyrrole nitrogens is 1. The number of aryl methyl sites for hydroxylation is 1. The van der Waals surface area contributed by atoms with E-state index in [9.17, 15) is 23.2 Å². The van der Waals surface area contributed by atoms with Gasteiger partial charge in [0.15, 0.2) is 0 Å². The van der Waals surface area contributed by atoms with Crippen LogP contribution in [-0.4, -0.2) is 28.0 Å². The summed E-state index contributed by atoms with van der Waals surface area (Å²) in [7, 11) is 0. The first-order chi connectivity index (χ1) is 12.2. The van der Waals surface area contributed by atoms with E-state index >= 15 is 0 Å². The van der Waals surface area contributed by atoms with Crippen molar-refractivity contribution in [2.75, 3.05) is 13.1 Å². The van der Waals surface area contributed by atoms with E-state index in [-0.39, 0.29) is 34.4 Å². The zero-order chi connectivity index (χ0) is 19.1. The highest BCUT2D eigenvalue weighted by Gasteiger charge is 2.36. The highest BCUT2D eigenvalue weighted by atomic mass is 19.4. The summed E-state index contributed by atoms with van der Waals surface area (Å²) in [5, 5.41) is 9.48. The van der Waals surface area contributed by atoms with Crippen molar-refractivity contribution in [2.45, 2.75) is 39.4 Å². The van der Waals surface area contributed by atoms with Crippen LogP contribution in [0.25, 0.3) is 10.9 Å². The van der Waals surface area contributed by atoms with Gasteiger partial charge in [-0.05, 0) is 50.4 Å². The quantitative estimate of drug-likeness (QED) is 0.887. The second-order valence-electron chi connectivity index (χ2n) is 6.89. The summed E-state index contributed by atoms with van der Waals surface area (Å²) in [5.41, 5.74) is -1.96. The van der Waals surface area contributed by atoms with Crippen LogP contribution in [0, 0.1) is 24.2 Å². The van der Waals surface area contributed by atoms with E-state index in [0.717, 1.165) is 18.9 Å². The fraction of sp³-hybridized carbons (Fsp3) is 0.500. The van der Waals surface area contributed by atoms with Gasteiger partial charge in [0.2, 0.25) is 0 Å². The van der Waals surface area contributed by atoms with Gasteiger partial charge in [-0.25, -0.2) is 4.98 Å². The van der Waals surface area contributed by atoms with E-state index < -0.39 is 17.3 Å². The summed E-state index contributed by atoms with van der Waals surface area (Å²) in [4.78, 5) is 20.7. The number of aromatic nitrogens is 2. The maximum absolute atomic E-state index is 13.7. The van der Waals surface area contributed by atoms with Crippen molar-refractivity contribution in [3.05, 3.63) is 38.9 Å². The third kappa shape index (κ3) is 3.44. The lowest BCUT2D eigenvalue weighted by Gasteiger charge is -2.31. The first-order valence-corrected chi connectivity index (χ1v) is 8.47. The number of nitrogens with one attached hydrogen (secondary N) is 1. The second-order valence-corrected chi connectivity index (χ2v) is 6.89. The molecular formula is C18H19F3N4O. The number of hydrogen-bond acceptors (Lipinski definition) is 4. The number of nitriles is 1. The maximum Gasteiger partial charge on any atom is 0.416 e. The number of alkyl halides is 3. The van der Waals surface area contributed by atoms with Gasteiger partial charge < -0.3 is 4.98 Å². The van der Waals surface area contributed by atoms with Crippen molar-refractivity contribution in [1.29, 1.82) is 5.26 Å². The number of hydrogen-bond donors (Lipinski definition) is 1. The van der Waals surface area contributed by atoms with E-state index in [1.165, 1.54) is 6.92 Å². The van der Waals surface area contributed by atoms with Crippen LogP contribution in [-0.2, 0) is 12.7 Å². The molecule has 2 heterocycles. The normalized spacial score (nSPS) is 16.8. The first kappa shape index (κ1) is 18.4. The van der Waals surface area contributed by atoms with Crippen molar-refractivity contribution in [1.82, 2.24) is 14.9 Å². The van der Waals surface area contributed by atoms with Crippen molar-refractivity contribution in [2.24, 2.45) is 5.92 Å². The van der Waals surface area contributed by atoms with Gasteiger partial charge >= 0.3 is 6.18 Å². The largest absolute Gasteiger partial charge is 0.416 e. The minimum absolute atomic E-state index is 0.00624. The molecule has 0 unspecified atom stereocenters. The molecule has 1 saturated heterocycles. The average Bonchev–Trinajstić information content (AvgIpc) is 2.55. The van der Waals surface area contributed by atoms with Crippen LogP contribution < -0.4 is 5.56 Å². The van der Waals surface area contributed by atoms with E-state index in [1.54, 1.807) is 0 Å². The number of aromatic amines is 1. The number of fused-ring (bicyclic) bond motifs is 1. The van der Waals surface area contributed by atoms with Gasteiger partial charge in [0.05, 0.1) is 22.0 Å². The lowest BCUT2D eigenvalue weighted by molar-refractivity contribution is -0.138. The molecule has 3 rings (SSSR count). The Morgan fingerprint density at radius 1 is 1.38 bits per heavy atom. The second kappa shape index (κ2) is 6.72. The molecule has 1 aliphatic rings. The number of nitrogens with zero attached hydrogens (tertiary/aromatic N) is 3. The standard InChI is InChI=1S/C18H19F3N4O/c1-10-3-5-25(6-4-10)9-13-12(8-22)16-15(7-14(13)18(19,20)21)23-11(2)24-17(16)26/h7,10H,3-6,9H2,1-2H3,(H,23,24,26). The SMILES string of the molecule is Cc1nc2cc(C(F)(F)F)c(CN3CCC(C)CC3)c(C#N)c2c(=O)[nH]1. The average molecular weight is 364 g/mol. The van der Waals surface area contributed by atoms with E-state index in [1.807, 2.05) is 11.0 Å². The first-order valence-electron chi connectivity index (χ1n) is 8.47. The fourth-order valence-electron chi connectivity index (χ4n) is 3.45. The van der Waals surface area contributed by atoms with Crippen LogP contribution in [0.2, 0.25) is 0 Å². The highest BCUT2D eigenvalue weighted by Crippen LogP contribution is 2.37. The van der Waals surface area contributed by atoms with E-state index in [4.69, 9.17) is 0 Å². The zero-order valence-corrected chi connectivity index (χ0v) is 14.6. The summed E-state index contributed by atoms with van der Waals surface area (Å²) in [5.74, 6) is 0.743. The molecular weight excluding hydrogens is 345 g/mol. The number of piperidine rings is 1. The van der Waals surface area contributed by atoms with Crippen LogP contribution in [0.15, 0.2) is 10.9 Å². The minimum Gasteiger partial charge on any atom is -0.310 e. The monoisotopic (exact) mass is 364 g/mol. The Bertz CT molecular complexity index is 935. The Morgan fingerprint density at radius 2 is 2.04 bits per heavy atom. The van der Waals surface area contributed by atoms with Gasteiger partial charge in [-0.3, -0.25) is 9.69 Å². The van der Waals surface area contributed by atoms with Gasteiger partial charge in [-0.1, -0.05) is 6.92 Å². The molecule has 0 radical (unpaired) electrons. The number of rotatable bonds is 2. The molecule has 2 aromatic rings. The molecule has 0 bridgehead atoms. The molecule has 26 heavy (non-hydrogen) atoms. The van der Waals surface area contributed by atoms with Crippen molar-refractivity contribution >= 4 is 10.9 Å². The Morgan fingerprint density at radius 3 is 2.62 bits per heavy atom. The van der Waals surface area contributed by atoms with E-state index in [2.05, 4.69) is 16.9 Å². The smallest absolute Gasteiger partial charge is 0.310 e. The van der Waals surface area contributed by atoms with Crippen LogP contribution in [0.1, 0.15) is 42.3 Å². The Labute approximate surface area is 148 Å². The molecule has 1 N–H and O–H groups in total. The van der Waals surface area contributed by atoms with Crippen LogP contribution in [0.4, 0.5) is 13.2 Å². The van der Waals surface area contributed by atoms with Gasteiger partial charge in [0, 0.05) is 6.54 Å². The molecule has 0 aliphatic carbocycles. The molecule has 1 aromatic carbocycles. The van der Waals surface area contributed by atoms with Crippen molar-refractivity contribution < 1.29 is 13.2 Å². The number of benzene rings is 1. The molecule has 1 aromatic heterocycles. The molecule has 138 valence electrons. The molecule has 5 nitrogen and oxygen atoms in total. The van der Waals surface area contributed by atoms with Gasteiger partial charge in [-0.2, -0.15) is 18.4 Å². The van der Waals surface area contributed by atoms with Gasteiger partial charge in [0.1, 0.15) is 11.9 Å². The fourth-order valence-corrected chi connectivity index (χ4v) is 3.45. The Balaban J connectivity index is 2.21. The highest BCUT2D eigenvalue weighted by molar-refractivity contribution is 5.86. The summed E-state index contributed by atoms with van der Waals surface area (Å²) in [6.07, 6.45) is -2.83. The summed E-state index contributed by atoms with van der Waals surface area (Å²) >= 11 is 0. The Hall–Kier alpha value is -2.40. The molecule has 1 fully saturated rings. The molecule has 0 atom stereocenters. The minimum atomic E-state index is -4.63. The van der Waals surface area contributed by atoms with Crippen LogP contribution in [0.3, 0.4) is 0 Å². The summed E-state index contributed by atoms with van der Waals surface area (Å²) in [6.45, 7) is 4.94. The molecule has 0 amide bonds. The topological polar surface area (TPSA) is 72.8 Å². The van der Waals surface area contributed by atoms with Crippen molar-refractivity contribution in [3.8, 4) is 6.07 Å². The predicted octanol–water partition coefficient (Wildman–Crippen LogP) is 3.35. The molecule has 0 spiro atoms. The van der Waals surface area contributed by atoms with Crippen molar-refractivity contribution in [3.63, 3.8) is 0 Å². The molecule has 1 aliphatic heterocycles. The van der Waals surface area contributed by atoms with Crippen LogP contribution in [0.5, 0.6) is 0 Å². The molecule has 0 saturated carbocycles.